The van der Waals surface area contributed by atoms with Crippen LogP contribution in [0.15, 0.2) is 76.2 Å². The van der Waals surface area contributed by atoms with Crippen LogP contribution in [0.3, 0.4) is 0 Å². The molecule has 2 N–H and O–H groups in total. The number of hydrogen-bond donors (Lipinski definition) is 2. The molecule has 0 aliphatic carbocycles. The Morgan fingerprint density at radius 1 is 1.04 bits per heavy atom. The van der Waals surface area contributed by atoms with Crippen LogP contribution in [0.25, 0.3) is 0 Å². The lowest BCUT2D eigenvalue weighted by Crippen LogP contribution is -2.33. The summed E-state index contributed by atoms with van der Waals surface area (Å²) in [5, 5.41) is 14.6. The highest BCUT2D eigenvalue weighted by Crippen LogP contribution is 2.36. The van der Waals surface area contributed by atoms with Crippen molar-refractivity contribution in [1.29, 1.82) is 0 Å². The molecule has 4 rings (SSSR count). The first kappa shape index (κ1) is 19.2. The lowest BCUT2D eigenvalue weighted by atomic mass is 9.93. The van der Waals surface area contributed by atoms with E-state index in [9.17, 15) is 5.11 Å². The fourth-order valence-corrected chi connectivity index (χ4v) is 3.89. The highest BCUT2D eigenvalue weighted by Gasteiger charge is 2.27. The first-order chi connectivity index (χ1) is 13.5. The molecule has 3 nitrogen and oxygen atoms in total. The van der Waals surface area contributed by atoms with Gasteiger partial charge in [0.25, 0.3) is 0 Å². The molecule has 0 amide bonds. The van der Waals surface area contributed by atoms with Gasteiger partial charge >= 0.3 is 0 Å². The molecule has 1 aliphatic rings. The second-order valence-electron chi connectivity index (χ2n) is 7.02. The van der Waals surface area contributed by atoms with Crippen LogP contribution in [0.4, 0.5) is 0 Å². The molecule has 0 bridgehead atoms. The number of nitrogens with zero attached hydrogens (tertiary/aromatic N) is 1. The van der Waals surface area contributed by atoms with Crippen LogP contribution in [0.5, 0.6) is 5.75 Å². The number of halogens is 2. The quantitative estimate of drug-likeness (QED) is 0.484. The number of rotatable bonds is 3. The summed E-state index contributed by atoms with van der Waals surface area (Å²) in [6.07, 6.45) is 0.464. The summed E-state index contributed by atoms with van der Waals surface area (Å²) in [6.45, 7) is 2.07. The second-order valence-corrected chi connectivity index (χ2v) is 8.37. The first-order valence-corrected chi connectivity index (χ1v) is 10.3. The fourth-order valence-electron chi connectivity index (χ4n) is 3.45. The van der Waals surface area contributed by atoms with Gasteiger partial charge in [0.15, 0.2) is 0 Å². The van der Waals surface area contributed by atoms with Crippen molar-refractivity contribution in [2.24, 2.45) is 4.99 Å². The van der Waals surface area contributed by atoms with Gasteiger partial charge in [-0.25, -0.2) is 0 Å². The Kier molecular flexibility index (Phi) is 5.54. The summed E-state index contributed by atoms with van der Waals surface area (Å²) >= 11 is 9.69. The Hall–Kier alpha value is -2.14. The predicted octanol–water partition coefficient (Wildman–Crippen LogP) is 6.34. The van der Waals surface area contributed by atoms with E-state index in [-0.39, 0.29) is 18.0 Å². The zero-order chi connectivity index (χ0) is 19.7. The molecule has 0 saturated carbocycles. The van der Waals surface area contributed by atoms with Crippen LogP contribution in [-0.2, 0) is 0 Å². The molecule has 5 heteroatoms. The van der Waals surface area contributed by atoms with Gasteiger partial charge < -0.3 is 5.11 Å². The maximum Gasteiger partial charge on any atom is 0.126 e. The number of benzene rings is 3. The van der Waals surface area contributed by atoms with Crippen LogP contribution < -0.4 is 5.32 Å². The van der Waals surface area contributed by atoms with E-state index in [0.29, 0.717) is 11.4 Å². The number of phenolic OH excluding ortho intramolecular Hbond substituents is 1. The summed E-state index contributed by atoms with van der Waals surface area (Å²) in [5.74, 6) is 0.238. The molecule has 3 aromatic rings. The minimum atomic E-state index is -0.207. The van der Waals surface area contributed by atoms with Crippen molar-refractivity contribution >= 4 is 33.2 Å². The molecule has 28 heavy (non-hydrogen) atoms. The maximum atomic E-state index is 10.4. The number of phenols is 1. The van der Waals surface area contributed by atoms with E-state index in [4.69, 9.17) is 16.6 Å². The minimum absolute atomic E-state index is 0.0962. The smallest absolute Gasteiger partial charge is 0.126 e. The third-order valence-electron chi connectivity index (χ3n) is 4.98. The molecular formula is C23H20BrClN2O. The van der Waals surface area contributed by atoms with Gasteiger partial charge in [0, 0.05) is 33.2 Å². The predicted molar refractivity (Wildman–Crippen MR) is 118 cm³/mol. The van der Waals surface area contributed by atoms with E-state index in [1.165, 1.54) is 5.56 Å². The lowest BCUT2D eigenvalue weighted by Gasteiger charge is -2.31. The van der Waals surface area contributed by atoms with Gasteiger partial charge in [0.1, 0.15) is 11.9 Å². The Bertz CT molecular complexity index is 1020. The topological polar surface area (TPSA) is 44.6 Å². The van der Waals surface area contributed by atoms with E-state index >= 15 is 0 Å². The van der Waals surface area contributed by atoms with Crippen molar-refractivity contribution in [3.63, 3.8) is 0 Å². The number of aryl methyl sites for hydroxylation is 1. The number of hydrogen-bond acceptors (Lipinski definition) is 3. The van der Waals surface area contributed by atoms with Gasteiger partial charge in [-0.1, -0.05) is 69.5 Å². The van der Waals surface area contributed by atoms with Crippen LogP contribution in [0, 0.1) is 6.92 Å². The highest BCUT2D eigenvalue weighted by atomic mass is 79.9. The third-order valence-corrected chi connectivity index (χ3v) is 5.74. The molecular weight excluding hydrogens is 436 g/mol. The average molecular weight is 456 g/mol. The standard InChI is InChI=1S/C23H20BrClN2O/c1-14-2-4-15(5-3-14)20-13-21(19-12-18(25)10-11-22(19)28)27-23(26-20)16-6-8-17(24)9-7-16/h2-12,21,23,27-28H,13H2,1H3/t21-,23+/m0/s1. The number of nitrogens with one attached hydrogen (secondary N) is 1. The van der Waals surface area contributed by atoms with Crippen molar-refractivity contribution in [2.45, 2.75) is 25.6 Å². The van der Waals surface area contributed by atoms with E-state index in [1.807, 2.05) is 18.2 Å². The molecule has 142 valence electrons. The van der Waals surface area contributed by atoms with Crippen molar-refractivity contribution < 1.29 is 5.11 Å². The zero-order valence-corrected chi connectivity index (χ0v) is 17.7. The fraction of sp³-hybridized carbons (Fsp3) is 0.174. The largest absolute Gasteiger partial charge is 0.508 e. The van der Waals surface area contributed by atoms with Crippen LogP contribution >= 0.6 is 27.5 Å². The molecule has 0 aromatic heterocycles. The maximum absolute atomic E-state index is 10.4. The molecule has 2 atom stereocenters. The van der Waals surface area contributed by atoms with Crippen LogP contribution in [-0.4, -0.2) is 10.8 Å². The summed E-state index contributed by atoms with van der Waals surface area (Å²) in [5.41, 5.74) is 5.18. The molecule has 1 aliphatic heterocycles. The van der Waals surface area contributed by atoms with Gasteiger partial charge in [-0.05, 0) is 48.4 Å². The van der Waals surface area contributed by atoms with Crippen molar-refractivity contribution in [3.05, 3.63) is 98.5 Å². The van der Waals surface area contributed by atoms with E-state index in [0.717, 1.165) is 26.9 Å². The molecule has 0 saturated heterocycles. The number of aromatic hydroxyl groups is 1. The van der Waals surface area contributed by atoms with E-state index in [2.05, 4.69) is 64.6 Å². The first-order valence-electron chi connectivity index (χ1n) is 9.13. The van der Waals surface area contributed by atoms with Crippen LogP contribution in [0.1, 0.15) is 40.9 Å². The zero-order valence-electron chi connectivity index (χ0n) is 15.4. The van der Waals surface area contributed by atoms with E-state index < -0.39 is 0 Å². The van der Waals surface area contributed by atoms with Gasteiger partial charge in [-0.15, -0.1) is 0 Å². The lowest BCUT2D eigenvalue weighted by molar-refractivity contribution is 0.412. The average Bonchev–Trinajstić information content (AvgIpc) is 2.70. The molecule has 0 unspecified atom stereocenters. The highest BCUT2D eigenvalue weighted by molar-refractivity contribution is 9.10. The Morgan fingerprint density at radius 3 is 2.46 bits per heavy atom. The van der Waals surface area contributed by atoms with E-state index in [1.54, 1.807) is 12.1 Å². The normalized spacial score (nSPS) is 19.3. The second kappa shape index (κ2) is 8.08. The summed E-state index contributed by atoms with van der Waals surface area (Å²) in [7, 11) is 0. The molecule has 1 heterocycles. The van der Waals surface area contributed by atoms with Crippen LogP contribution in [0.2, 0.25) is 5.02 Å². The van der Waals surface area contributed by atoms with Crippen molar-refractivity contribution in [1.82, 2.24) is 5.32 Å². The van der Waals surface area contributed by atoms with Gasteiger partial charge in [0.05, 0.1) is 0 Å². The molecule has 0 spiro atoms. The van der Waals surface area contributed by atoms with Crippen molar-refractivity contribution in [3.8, 4) is 5.75 Å². The summed E-state index contributed by atoms with van der Waals surface area (Å²) in [4.78, 5) is 4.99. The summed E-state index contributed by atoms with van der Waals surface area (Å²) in [6, 6.07) is 21.6. The Labute approximate surface area is 178 Å². The SMILES string of the molecule is Cc1ccc(C2=N[C@@H](c3ccc(Br)cc3)N[C@H](c3cc(Cl)ccc3O)C2)cc1. The minimum Gasteiger partial charge on any atom is -0.508 e. The summed E-state index contributed by atoms with van der Waals surface area (Å²) < 4.78 is 1.03. The number of aliphatic imine (C=N–C) groups is 1. The monoisotopic (exact) mass is 454 g/mol. The molecule has 3 aromatic carbocycles. The van der Waals surface area contributed by atoms with Gasteiger partial charge in [0.2, 0.25) is 0 Å². The van der Waals surface area contributed by atoms with Gasteiger partial charge in [-0.2, -0.15) is 0 Å². The molecule has 0 fully saturated rings. The third kappa shape index (κ3) is 4.14. The Morgan fingerprint density at radius 2 is 1.75 bits per heavy atom. The van der Waals surface area contributed by atoms with Crippen molar-refractivity contribution in [2.75, 3.05) is 0 Å². The molecule has 0 radical (unpaired) electrons. The Balaban J connectivity index is 1.76. The van der Waals surface area contributed by atoms with Gasteiger partial charge in [-0.3, -0.25) is 10.3 Å².